The highest BCUT2D eigenvalue weighted by Gasteiger charge is 2.43. The lowest BCUT2D eigenvalue weighted by Crippen LogP contribution is -2.54. The summed E-state index contributed by atoms with van der Waals surface area (Å²) in [4.78, 5) is 139. The van der Waals surface area contributed by atoms with Crippen molar-refractivity contribution in [3.05, 3.63) is 69.6 Å². The molecule has 1 aliphatic rings. The minimum atomic E-state index is -0.749. The fourth-order valence-electron chi connectivity index (χ4n) is 11.0. The fraction of sp³-hybridized carbons (Fsp3) is 0.639. The number of ketones is 4. The van der Waals surface area contributed by atoms with Gasteiger partial charge in [0.2, 0.25) is 29.5 Å². The van der Waals surface area contributed by atoms with E-state index in [-0.39, 0.29) is 142 Å². The molecule has 0 aliphatic carbocycles. The lowest BCUT2D eigenvalue weighted by Gasteiger charge is -2.41. The van der Waals surface area contributed by atoms with E-state index >= 15 is 0 Å². The van der Waals surface area contributed by atoms with Gasteiger partial charge in [-0.25, -0.2) is 0 Å². The van der Waals surface area contributed by atoms with Crippen molar-refractivity contribution < 1.29 is 57.4 Å². The van der Waals surface area contributed by atoms with E-state index < -0.39 is 71.5 Å². The van der Waals surface area contributed by atoms with Crippen LogP contribution in [0.5, 0.6) is 0 Å². The molecule has 85 heavy (non-hydrogen) atoms. The number of nitrogens with two attached hydrogens (primary N) is 2. The Morgan fingerprint density at radius 1 is 0.753 bits per heavy atom. The molecule has 0 spiro atoms. The van der Waals surface area contributed by atoms with E-state index in [2.05, 4.69) is 31.3 Å². The number of nitrogens with zero attached hydrogens (tertiary/aromatic N) is 6. The molecular weight excluding hydrogens is 1090 g/mol. The van der Waals surface area contributed by atoms with Gasteiger partial charge in [-0.2, -0.15) is 0 Å². The number of Topliss-reactive ketones (excluding diaryl/α,β-unsaturated/α-hetero) is 4. The second-order valence-corrected chi connectivity index (χ2v) is 23.3. The molecule has 3 rings (SSSR count). The number of likely N-dealkylation sites (tertiary alicyclic amines) is 1. The molecular formula is C61H94N12O12. The predicted molar refractivity (Wildman–Crippen MR) is 323 cm³/mol. The molecule has 470 valence electrons. The molecule has 0 radical (unpaired) electrons. The number of methoxy groups -OCH3 is 2. The number of ether oxygens (including phenoxy) is 2. The highest BCUT2D eigenvalue weighted by atomic mass is 16.5. The second-order valence-electron chi connectivity index (χ2n) is 23.3. The zero-order valence-corrected chi connectivity index (χ0v) is 51.9. The highest BCUT2D eigenvalue weighted by molar-refractivity contribution is 5.99. The minimum Gasteiger partial charge on any atom is -0.397 e. The van der Waals surface area contributed by atoms with E-state index in [1.165, 1.54) is 32.4 Å². The number of nitrogens with one attached hydrogen (secondary N) is 4. The number of hydrogen-bond acceptors (Lipinski definition) is 16. The van der Waals surface area contributed by atoms with Gasteiger partial charge >= 0.3 is 0 Å². The molecule has 1 aliphatic heterocycles. The maximum atomic E-state index is 14.5. The Bertz CT molecular complexity index is 2650. The van der Waals surface area contributed by atoms with Gasteiger partial charge in [0.15, 0.2) is 23.1 Å². The van der Waals surface area contributed by atoms with E-state index in [1.807, 2.05) is 60.5 Å². The third kappa shape index (κ3) is 22.9. The van der Waals surface area contributed by atoms with Crippen LogP contribution >= 0.6 is 0 Å². The molecule has 1 heterocycles. The quantitative estimate of drug-likeness (QED) is 0.0235. The van der Waals surface area contributed by atoms with Gasteiger partial charge < -0.3 is 52.0 Å². The summed E-state index contributed by atoms with van der Waals surface area (Å²) in [6.07, 6.45) is 0.109. The van der Waals surface area contributed by atoms with E-state index in [0.29, 0.717) is 37.1 Å². The maximum absolute atomic E-state index is 14.5. The normalized spacial score (nSPS) is 16.0. The monoisotopic (exact) mass is 1190 g/mol. The van der Waals surface area contributed by atoms with Gasteiger partial charge in [-0.3, -0.25) is 52.8 Å². The molecule has 9 atom stereocenters. The molecule has 1 fully saturated rings. The van der Waals surface area contributed by atoms with E-state index in [9.17, 15) is 53.5 Å². The van der Waals surface area contributed by atoms with Crippen LogP contribution in [-0.2, 0) is 65.5 Å². The summed E-state index contributed by atoms with van der Waals surface area (Å²) in [5.41, 5.74) is 22.8. The molecule has 0 unspecified atom stereocenters. The first-order valence-electron chi connectivity index (χ1n) is 29.4. The summed E-state index contributed by atoms with van der Waals surface area (Å²) in [5, 5.41) is 14.2. The van der Waals surface area contributed by atoms with Crippen molar-refractivity contribution in [2.45, 2.75) is 155 Å². The first-order valence-corrected chi connectivity index (χ1v) is 29.4. The topological polar surface area (TPSA) is 348 Å². The number of azide groups is 1. The van der Waals surface area contributed by atoms with Crippen LogP contribution in [0.15, 0.2) is 47.6 Å². The van der Waals surface area contributed by atoms with Gasteiger partial charge in [0.25, 0.3) is 5.91 Å². The van der Waals surface area contributed by atoms with Crippen LogP contribution < -0.4 is 32.7 Å². The number of hydrogen-bond donors (Lipinski definition) is 6. The van der Waals surface area contributed by atoms with Crippen molar-refractivity contribution in [2.75, 3.05) is 79.6 Å². The summed E-state index contributed by atoms with van der Waals surface area (Å²) in [7, 11) is 8.53. The fourth-order valence-corrected chi connectivity index (χ4v) is 11.0. The standard InChI is InChI=1S/C61H94N12O12/c1-13-38(6)57(72(10)61(83)47(36(2)3)30-51(77)56(37(4)5)71(8)9)52(84-11)31-55(80)73-26-14-15-50(73)58(85-12)39(7)59(81)69-43(32-68-70-64)27-40-16-18-41(19-17-40)28-46(76)35-66-54(79)24-21-44(74)33-65-53(78)25-22-45(75)34-67-60(82)42-20-23-48(62)49(63)29-42/h16-20,23,29,36-39,43,47,50,52,56-58H,13-15,21-22,24-28,30-35,62-63H2,1-12H3,(H,65,78)(H,66,79)(H,67,82)(H,69,81)/t38-,39+,43-,47-,50-,52+,56-,57-,58+/m0/s1. The van der Waals surface area contributed by atoms with Crippen LogP contribution in [0.3, 0.4) is 0 Å². The van der Waals surface area contributed by atoms with Gasteiger partial charge in [0.1, 0.15) is 0 Å². The Morgan fingerprint density at radius 3 is 1.87 bits per heavy atom. The van der Waals surface area contributed by atoms with Crippen LogP contribution in [0.4, 0.5) is 11.4 Å². The lowest BCUT2D eigenvalue weighted by molar-refractivity contribution is -0.149. The van der Waals surface area contributed by atoms with Crippen molar-refractivity contribution >= 4 is 70.0 Å². The predicted octanol–water partition coefficient (Wildman–Crippen LogP) is 4.40. The first kappa shape index (κ1) is 72.0. The van der Waals surface area contributed by atoms with Crippen molar-refractivity contribution in [1.82, 2.24) is 36.0 Å². The third-order valence-electron chi connectivity index (χ3n) is 16.0. The van der Waals surface area contributed by atoms with Gasteiger partial charge in [0.05, 0.1) is 73.7 Å². The Hall–Kier alpha value is -7.27. The van der Waals surface area contributed by atoms with Crippen molar-refractivity contribution in [1.29, 1.82) is 0 Å². The number of rotatable bonds is 38. The molecule has 1 saturated heterocycles. The summed E-state index contributed by atoms with van der Waals surface area (Å²) < 4.78 is 12.1. The largest absolute Gasteiger partial charge is 0.397 e. The highest BCUT2D eigenvalue weighted by Crippen LogP contribution is 2.31. The number of likely N-dealkylation sites (N-methyl/N-ethyl adjacent to an activating group) is 2. The number of amides is 6. The van der Waals surface area contributed by atoms with Gasteiger partial charge in [0, 0.05) is 95.3 Å². The molecule has 0 bridgehead atoms. The third-order valence-corrected chi connectivity index (χ3v) is 16.0. The Kier molecular flexibility index (Phi) is 30.4. The smallest absolute Gasteiger partial charge is 0.251 e. The molecule has 0 aromatic heterocycles. The maximum Gasteiger partial charge on any atom is 0.251 e. The Labute approximate surface area is 500 Å². The molecule has 24 nitrogen and oxygen atoms in total. The zero-order valence-electron chi connectivity index (χ0n) is 51.9. The average molecular weight is 1190 g/mol. The number of anilines is 2. The van der Waals surface area contributed by atoms with Gasteiger partial charge in [-0.15, -0.1) is 0 Å². The molecule has 6 amide bonds. The molecule has 24 heteroatoms. The number of benzene rings is 2. The summed E-state index contributed by atoms with van der Waals surface area (Å²) in [5.74, 6) is -4.93. The van der Waals surface area contributed by atoms with E-state index in [0.717, 1.165) is 5.56 Å². The lowest BCUT2D eigenvalue weighted by atomic mass is 9.83. The average Bonchev–Trinajstić information content (AvgIpc) is 4.18. The van der Waals surface area contributed by atoms with Gasteiger partial charge in [-0.1, -0.05) is 84.3 Å². The van der Waals surface area contributed by atoms with Crippen LogP contribution in [-0.4, -0.2) is 178 Å². The van der Waals surface area contributed by atoms with Gasteiger partial charge in [-0.05, 0) is 86.0 Å². The van der Waals surface area contributed by atoms with E-state index in [1.54, 1.807) is 48.0 Å². The zero-order chi connectivity index (χ0) is 63.7. The Balaban J connectivity index is 1.52. The van der Waals surface area contributed by atoms with Crippen LogP contribution in [0.2, 0.25) is 0 Å². The first-order chi connectivity index (χ1) is 40.2. The second kappa shape index (κ2) is 35.9. The molecule has 0 saturated carbocycles. The van der Waals surface area contributed by atoms with Crippen molar-refractivity contribution in [3.63, 3.8) is 0 Å². The van der Waals surface area contributed by atoms with Crippen LogP contribution in [0.25, 0.3) is 10.4 Å². The Morgan fingerprint density at radius 2 is 1.34 bits per heavy atom. The van der Waals surface area contributed by atoms with Crippen LogP contribution in [0, 0.1) is 29.6 Å². The molecule has 8 N–H and O–H groups in total. The summed E-state index contributed by atoms with van der Waals surface area (Å²) in [6.45, 7) is 13.1. The minimum absolute atomic E-state index is 0.00665. The summed E-state index contributed by atoms with van der Waals surface area (Å²) in [6, 6.07) is 9.48. The molecule has 2 aromatic carbocycles. The van der Waals surface area contributed by atoms with Crippen LogP contribution in [0.1, 0.15) is 128 Å². The number of carbonyl (C=O) groups is 10. The van der Waals surface area contributed by atoms with Crippen molar-refractivity contribution in [2.24, 2.45) is 34.7 Å². The number of carbonyl (C=O) groups excluding carboxylic acids is 10. The van der Waals surface area contributed by atoms with E-state index in [4.69, 9.17) is 20.9 Å². The molecule has 2 aromatic rings. The summed E-state index contributed by atoms with van der Waals surface area (Å²) >= 11 is 0. The van der Waals surface area contributed by atoms with Crippen molar-refractivity contribution in [3.8, 4) is 0 Å². The number of nitrogen functional groups attached to an aromatic ring is 2. The SMILES string of the molecule is CC[C@H](C)[C@@H]([C@@H](CC(=O)N1CCC[C@H]1[C@H](OC)[C@@H](C)C(=O)N[C@H](CN=[N+]=[N-])Cc1ccc(CC(=O)CNC(=O)CCC(=O)CNC(=O)CCC(=O)CNC(=O)c2ccc(N)c(N)c2)cc1)OC)N(C)C(=O)[C@@H](CC(=O)[C@H](C(C)C)N(C)C)C(C)C.